The molecule has 1 aromatic carbocycles. The van der Waals surface area contributed by atoms with Crippen LogP contribution in [0.15, 0.2) is 24.3 Å². The Kier molecular flexibility index (Phi) is 3.66. The van der Waals surface area contributed by atoms with Gasteiger partial charge in [0.05, 0.1) is 6.04 Å². The Morgan fingerprint density at radius 3 is 2.65 bits per heavy atom. The van der Waals surface area contributed by atoms with E-state index < -0.39 is 0 Å². The fourth-order valence-electron chi connectivity index (χ4n) is 3.55. The molecule has 2 N–H and O–H groups in total. The number of hydrogen-bond donors (Lipinski definition) is 2. The fraction of sp³-hybridized carbons (Fsp3) is 0.562. The van der Waals surface area contributed by atoms with E-state index in [0.717, 1.165) is 12.1 Å². The lowest BCUT2D eigenvalue weighted by Gasteiger charge is -2.24. The van der Waals surface area contributed by atoms with E-state index in [9.17, 15) is 9.90 Å². The molecule has 4 nitrogen and oxygen atoms in total. The van der Waals surface area contributed by atoms with E-state index >= 15 is 0 Å². The highest BCUT2D eigenvalue weighted by molar-refractivity contribution is 5.97. The predicted molar refractivity (Wildman–Crippen MR) is 78.8 cm³/mol. The largest absolute Gasteiger partial charge is 0.508 e. The Morgan fingerprint density at radius 2 is 1.95 bits per heavy atom. The first kappa shape index (κ1) is 13.4. The van der Waals surface area contributed by atoms with E-state index in [4.69, 9.17) is 0 Å². The monoisotopic (exact) mass is 274 g/mol. The number of phenols is 1. The second-order valence-corrected chi connectivity index (χ2v) is 6.02. The summed E-state index contributed by atoms with van der Waals surface area (Å²) in [4.78, 5) is 14.3. The van der Waals surface area contributed by atoms with E-state index in [2.05, 4.69) is 5.32 Å². The molecule has 0 spiro atoms. The minimum absolute atomic E-state index is 0.0538. The molecule has 108 valence electrons. The summed E-state index contributed by atoms with van der Waals surface area (Å²) in [7, 11) is 1.80. The molecular formula is C16H22N2O2. The zero-order valence-electron chi connectivity index (χ0n) is 11.9. The van der Waals surface area contributed by atoms with Crippen LogP contribution >= 0.6 is 0 Å². The molecule has 1 aromatic rings. The van der Waals surface area contributed by atoms with Gasteiger partial charge in [0.2, 0.25) is 5.91 Å². The summed E-state index contributed by atoms with van der Waals surface area (Å²) in [5.74, 6) is 1.02. The molecule has 2 fully saturated rings. The van der Waals surface area contributed by atoms with Crippen molar-refractivity contribution in [3.8, 4) is 5.75 Å². The number of aromatic hydroxyl groups is 1. The summed E-state index contributed by atoms with van der Waals surface area (Å²) in [6.45, 7) is 0. The smallest absolute Gasteiger partial charge is 0.243 e. The number of rotatable bonds is 2. The molecule has 20 heavy (non-hydrogen) atoms. The number of carbonyl (C=O) groups excluding carboxylic acids is 1. The van der Waals surface area contributed by atoms with Gasteiger partial charge in [-0.2, -0.15) is 0 Å². The molecule has 1 saturated heterocycles. The van der Waals surface area contributed by atoms with Crippen molar-refractivity contribution >= 4 is 11.6 Å². The van der Waals surface area contributed by atoms with Crippen molar-refractivity contribution in [2.75, 3.05) is 11.9 Å². The summed E-state index contributed by atoms with van der Waals surface area (Å²) in [6, 6.07) is 7.25. The molecule has 1 aliphatic heterocycles. The van der Waals surface area contributed by atoms with Crippen LogP contribution in [0.2, 0.25) is 0 Å². The fourth-order valence-corrected chi connectivity index (χ4v) is 3.55. The molecule has 1 aliphatic carbocycles. The van der Waals surface area contributed by atoms with Crippen molar-refractivity contribution in [1.82, 2.24) is 5.32 Å². The number of nitrogens with one attached hydrogen (secondary N) is 1. The standard InChI is InChI=1S/C16H22N2O2/c1-18(12-6-8-13(19)9-7-12)16(20)15-10-11-4-2-3-5-14(11)17-15/h6-9,11,14-15,17,19H,2-5,10H2,1H3. The van der Waals surface area contributed by atoms with Gasteiger partial charge in [-0.25, -0.2) is 0 Å². The average Bonchev–Trinajstić information content (AvgIpc) is 2.90. The number of amides is 1. The molecule has 1 amide bonds. The summed E-state index contributed by atoms with van der Waals surface area (Å²) >= 11 is 0. The van der Waals surface area contributed by atoms with E-state index in [1.165, 1.54) is 25.7 Å². The van der Waals surface area contributed by atoms with Gasteiger partial charge in [0.1, 0.15) is 5.75 Å². The highest BCUT2D eigenvalue weighted by Crippen LogP contribution is 2.34. The van der Waals surface area contributed by atoms with Gasteiger partial charge in [-0.15, -0.1) is 0 Å². The van der Waals surface area contributed by atoms with Crippen LogP contribution in [-0.2, 0) is 4.79 Å². The second-order valence-electron chi connectivity index (χ2n) is 6.02. The summed E-state index contributed by atoms with van der Waals surface area (Å²) in [5.41, 5.74) is 0.824. The first-order valence-electron chi connectivity index (χ1n) is 7.48. The third-order valence-electron chi connectivity index (χ3n) is 4.73. The normalized spacial score (nSPS) is 28.9. The van der Waals surface area contributed by atoms with Gasteiger partial charge in [-0.1, -0.05) is 12.8 Å². The number of anilines is 1. The van der Waals surface area contributed by atoms with Crippen LogP contribution in [0.4, 0.5) is 5.69 Å². The van der Waals surface area contributed by atoms with Crippen molar-refractivity contribution in [3.05, 3.63) is 24.3 Å². The lowest BCUT2D eigenvalue weighted by molar-refractivity contribution is -0.120. The number of benzene rings is 1. The summed E-state index contributed by atoms with van der Waals surface area (Å²) in [6.07, 6.45) is 6.01. The van der Waals surface area contributed by atoms with Crippen LogP contribution in [-0.4, -0.2) is 30.1 Å². The van der Waals surface area contributed by atoms with Crippen LogP contribution in [0.3, 0.4) is 0 Å². The van der Waals surface area contributed by atoms with Gasteiger partial charge in [0.25, 0.3) is 0 Å². The zero-order valence-corrected chi connectivity index (χ0v) is 11.9. The number of likely N-dealkylation sites (N-methyl/N-ethyl adjacent to an activating group) is 1. The molecule has 4 heteroatoms. The maximum absolute atomic E-state index is 12.6. The zero-order chi connectivity index (χ0) is 14.1. The molecule has 0 aromatic heterocycles. The lowest BCUT2D eigenvalue weighted by Crippen LogP contribution is -2.44. The minimum Gasteiger partial charge on any atom is -0.508 e. The van der Waals surface area contributed by atoms with Crippen LogP contribution in [0.1, 0.15) is 32.1 Å². The Hall–Kier alpha value is -1.55. The maximum atomic E-state index is 12.6. The second kappa shape index (κ2) is 5.44. The minimum atomic E-state index is -0.0538. The van der Waals surface area contributed by atoms with Crippen LogP contribution in [0.25, 0.3) is 0 Å². The Bertz CT molecular complexity index is 472. The molecule has 3 rings (SSSR count). The maximum Gasteiger partial charge on any atom is 0.243 e. The molecule has 1 heterocycles. The van der Waals surface area contributed by atoms with Crippen molar-refractivity contribution in [2.24, 2.45) is 5.92 Å². The lowest BCUT2D eigenvalue weighted by atomic mass is 9.85. The number of nitrogens with zero attached hydrogens (tertiary/aromatic N) is 1. The Labute approximate surface area is 119 Å². The molecular weight excluding hydrogens is 252 g/mol. The molecule has 3 atom stereocenters. The van der Waals surface area contributed by atoms with E-state index in [1.807, 2.05) is 0 Å². The van der Waals surface area contributed by atoms with Crippen molar-refractivity contribution < 1.29 is 9.90 Å². The first-order valence-corrected chi connectivity index (χ1v) is 7.48. The predicted octanol–water partition coefficient (Wildman–Crippen LogP) is 2.28. The molecule has 1 saturated carbocycles. The number of fused-ring (bicyclic) bond motifs is 1. The first-order chi connectivity index (χ1) is 9.65. The highest BCUT2D eigenvalue weighted by atomic mass is 16.3. The molecule has 0 radical (unpaired) electrons. The third kappa shape index (κ3) is 2.52. The number of phenolic OH excluding ortho intramolecular Hbond substituents is 1. The number of carbonyl (C=O) groups is 1. The summed E-state index contributed by atoms with van der Waals surface area (Å²) in [5, 5.41) is 12.8. The van der Waals surface area contributed by atoms with E-state index in [-0.39, 0.29) is 17.7 Å². The summed E-state index contributed by atoms with van der Waals surface area (Å²) < 4.78 is 0. The van der Waals surface area contributed by atoms with E-state index in [0.29, 0.717) is 12.0 Å². The van der Waals surface area contributed by atoms with Gasteiger partial charge in [-0.05, 0) is 49.4 Å². The van der Waals surface area contributed by atoms with Crippen LogP contribution < -0.4 is 10.2 Å². The van der Waals surface area contributed by atoms with Crippen LogP contribution in [0, 0.1) is 5.92 Å². The van der Waals surface area contributed by atoms with Gasteiger partial charge in [-0.3, -0.25) is 4.79 Å². The van der Waals surface area contributed by atoms with E-state index in [1.54, 1.807) is 36.2 Å². The Morgan fingerprint density at radius 1 is 1.25 bits per heavy atom. The van der Waals surface area contributed by atoms with Crippen LogP contribution in [0.5, 0.6) is 5.75 Å². The van der Waals surface area contributed by atoms with Gasteiger partial charge >= 0.3 is 0 Å². The van der Waals surface area contributed by atoms with Gasteiger partial charge in [0.15, 0.2) is 0 Å². The van der Waals surface area contributed by atoms with Gasteiger partial charge in [0, 0.05) is 18.8 Å². The van der Waals surface area contributed by atoms with Crippen molar-refractivity contribution in [1.29, 1.82) is 0 Å². The quantitative estimate of drug-likeness (QED) is 0.870. The van der Waals surface area contributed by atoms with Crippen molar-refractivity contribution in [2.45, 2.75) is 44.2 Å². The topological polar surface area (TPSA) is 52.6 Å². The molecule has 2 aliphatic rings. The third-order valence-corrected chi connectivity index (χ3v) is 4.73. The highest BCUT2D eigenvalue weighted by Gasteiger charge is 2.39. The van der Waals surface area contributed by atoms with Crippen molar-refractivity contribution in [3.63, 3.8) is 0 Å². The average molecular weight is 274 g/mol. The molecule has 0 bridgehead atoms. The SMILES string of the molecule is CN(C(=O)C1CC2CCCCC2N1)c1ccc(O)cc1. The Balaban J connectivity index is 1.68. The number of hydrogen-bond acceptors (Lipinski definition) is 3. The molecule has 3 unspecified atom stereocenters. The van der Waals surface area contributed by atoms with Gasteiger partial charge < -0.3 is 15.3 Å².